The van der Waals surface area contributed by atoms with Gasteiger partial charge in [0.05, 0.1) is 18.7 Å². The van der Waals surface area contributed by atoms with Crippen LogP contribution >= 0.6 is 11.6 Å². The third kappa shape index (κ3) is 4.39. The van der Waals surface area contributed by atoms with E-state index in [4.69, 9.17) is 21.1 Å². The van der Waals surface area contributed by atoms with Gasteiger partial charge in [-0.3, -0.25) is 0 Å². The maximum Gasteiger partial charge on any atom is 0.137 e. The van der Waals surface area contributed by atoms with E-state index in [1.165, 1.54) is 0 Å². The minimum absolute atomic E-state index is 0.645. The van der Waals surface area contributed by atoms with E-state index in [2.05, 4.69) is 5.32 Å². The molecule has 0 unspecified atom stereocenters. The lowest BCUT2D eigenvalue weighted by molar-refractivity contribution is 0.149. The topological polar surface area (TPSA) is 30.5 Å². The monoisotopic (exact) mass is 243 g/mol. The Hall–Kier alpha value is -0.770. The second-order valence-electron chi connectivity index (χ2n) is 3.34. The van der Waals surface area contributed by atoms with Crippen molar-refractivity contribution in [2.24, 2.45) is 0 Å². The molecular formula is C12H18ClNO2. The highest BCUT2D eigenvalue weighted by Gasteiger charge is 2.01. The molecule has 16 heavy (non-hydrogen) atoms. The van der Waals surface area contributed by atoms with Gasteiger partial charge in [-0.2, -0.15) is 0 Å². The fourth-order valence-electron chi connectivity index (χ4n) is 1.34. The molecule has 0 heterocycles. The summed E-state index contributed by atoms with van der Waals surface area (Å²) in [6.07, 6.45) is 0. The molecule has 0 aromatic heterocycles. The molecule has 90 valence electrons. The van der Waals surface area contributed by atoms with Crippen molar-refractivity contribution in [2.45, 2.75) is 13.5 Å². The smallest absolute Gasteiger partial charge is 0.137 e. The number of nitrogens with one attached hydrogen (secondary N) is 1. The van der Waals surface area contributed by atoms with Crippen molar-refractivity contribution in [1.29, 1.82) is 0 Å². The van der Waals surface area contributed by atoms with Gasteiger partial charge in [-0.05, 0) is 24.6 Å². The maximum absolute atomic E-state index is 6.01. The summed E-state index contributed by atoms with van der Waals surface area (Å²) in [5.74, 6) is 0.708. The first-order valence-corrected chi connectivity index (χ1v) is 5.76. The van der Waals surface area contributed by atoms with E-state index < -0.39 is 0 Å². The Labute approximate surface area is 102 Å². The van der Waals surface area contributed by atoms with Crippen LogP contribution in [0.1, 0.15) is 12.5 Å². The summed E-state index contributed by atoms with van der Waals surface area (Å²) in [5.41, 5.74) is 1.14. The van der Waals surface area contributed by atoms with E-state index in [0.29, 0.717) is 10.8 Å². The average molecular weight is 244 g/mol. The molecule has 0 atom stereocenters. The quantitative estimate of drug-likeness (QED) is 0.747. The van der Waals surface area contributed by atoms with Crippen molar-refractivity contribution in [3.05, 3.63) is 28.8 Å². The molecular weight excluding hydrogens is 226 g/mol. The lowest BCUT2D eigenvalue weighted by Crippen LogP contribution is -2.19. The predicted molar refractivity (Wildman–Crippen MR) is 66.2 cm³/mol. The van der Waals surface area contributed by atoms with Crippen molar-refractivity contribution in [2.75, 3.05) is 26.9 Å². The van der Waals surface area contributed by atoms with E-state index in [1.807, 2.05) is 25.1 Å². The van der Waals surface area contributed by atoms with Crippen LogP contribution in [0.25, 0.3) is 0 Å². The van der Waals surface area contributed by atoms with Crippen LogP contribution in [0, 0.1) is 0 Å². The zero-order valence-corrected chi connectivity index (χ0v) is 10.5. The molecule has 0 saturated carbocycles. The molecule has 1 aromatic carbocycles. The average Bonchev–Trinajstić information content (AvgIpc) is 2.29. The molecule has 0 fully saturated rings. The Morgan fingerprint density at radius 3 is 2.81 bits per heavy atom. The zero-order valence-electron chi connectivity index (χ0n) is 9.75. The Bertz CT molecular complexity index is 318. The largest absolute Gasteiger partial charge is 0.495 e. The number of benzene rings is 1. The molecule has 1 rings (SSSR count). The van der Waals surface area contributed by atoms with Gasteiger partial charge in [0, 0.05) is 19.7 Å². The van der Waals surface area contributed by atoms with Crippen LogP contribution in [0.2, 0.25) is 5.02 Å². The Morgan fingerprint density at radius 1 is 1.38 bits per heavy atom. The highest BCUT2D eigenvalue weighted by atomic mass is 35.5. The molecule has 0 radical (unpaired) electrons. The first kappa shape index (κ1) is 13.3. The number of hydrogen-bond acceptors (Lipinski definition) is 3. The third-order valence-corrected chi connectivity index (χ3v) is 2.47. The highest BCUT2D eigenvalue weighted by Crippen LogP contribution is 2.24. The summed E-state index contributed by atoms with van der Waals surface area (Å²) in [5, 5.41) is 3.92. The van der Waals surface area contributed by atoms with Crippen molar-refractivity contribution < 1.29 is 9.47 Å². The number of halogens is 1. The van der Waals surface area contributed by atoms with Crippen LogP contribution in [-0.4, -0.2) is 26.9 Å². The van der Waals surface area contributed by atoms with E-state index in [0.717, 1.165) is 31.9 Å². The van der Waals surface area contributed by atoms with Crippen molar-refractivity contribution >= 4 is 11.6 Å². The highest BCUT2D eigenvalue weighted by molar-refractivity contribution is 6.32. The van der Waals surface area contributed by atoms with Gasteiger partial charge in [0.2, 0.25) is 0 Å². The standard InChI is InChI=1S/C12H18ClNO2/c1-3-16-7-6-14-9-10-4-5-12(15-2)11(13)8-10/h4-5,8,14H,3,6-7,9H2,1-2H3. The van der Waals surface area contributed by atoms with Crippen molar-refractivity contribution in [3.8, 4) is 5.75 Å². The molecule has 0 spiro atoms. The summed E-state index contributed by atoms with van der Waals surface area (Å²) in [4.78, 5) is 0. The van der Waals surface area contributed by atoms with Crippen molar-refractivity contribution in [3.63, 3.8) is 0 Å². The first-order valence-electron chi connectivity index (χ1n) is 5.38. The number of hydrogen-bond donors (Lipinski definition) is 1. The Kier molecular flexibility index (Phi) is 6.23. The first-order chi connectivity index (χ1) is 7.77. The van der Waals surface area contributed by atoms with Gasteiger partial charge in [-0.25, -0.2) is 0 Å². The van der Waals surface area contributed by atoms with Crippen LogP contribution in [0.3, 0.4) is 0 Å². The van der Waals surface area contributed by atoms with Gasteiger partial charge in [0.15, 0.2) is 0 Å². The van der Waals surface area contributed by atoms with Crippen LogP contribution in [0.15, 0.2) is 18.2 Å². The number of rotatable bonds is 7. The van der Waals surface area contributed by atoms with Gasteiger partial charge >= 0.3 is 0 Å². The van der Waals surface area contributed by atoms with Gasteiger partial charge in [0.25, 0.3) is 0 Å². The molecule has 0 bridgehead atoms. The summed E-state index contributed by atoms with van der Waals surface area (Å²) in [6.45, 7) is 5.12. The van der Waals surface area contributed by atoms with E-state index in [1.54, 1.807) is 7.11 Å². The maximum atomic E-state index is 6.01. The molecule has 0 aliphatic heterocycles. The Morgan fingerprint density at radius 2 is 2.19 bits per heavy atom. The summed E-state index contributed by atoms with van der Waals surface area (Å²) < 4.78 is 10.3. The van der Waals surface area contributed by atoms with E-state index >= 15 is 0 Å². The summed E-state index contributed by atoms with van der Waals surface area (Å²) in [6, 6.07) is 5.79. The summed E-state index contributed by atoms with van der Waals surface area (Å²) in [7, 11) is 1.61. The fourth-order valence-corrected chi connectivity index (χ4v) is 1.62. The van der Waals surface area contributed by atoms with Crippen LogP contribution in [0.4, 0.5) is 0 Å². The SMILES string of the molecule is CCOCCNCc1ccc(OC)c(Cl)c1. The van der Waals surface area contributed by atoms with Crippen molar-refractivity contribution in [1.82, 2.24) is 5.32 Å². The van der Waals surface area contributed by atoms with Gasteiger partial charge in [-0.1, -0.05) is 17.7 Å². The lowest BCUT2D eigenvalue weighted by atomic mass is 10.2. The third-order valence-electron chi connectivity index (χ3n) is 2.17. The fraction of sp³-hybridized carbons (Fsp3) is 0.500. The molecule has 0 amide bonds. The minimum Gasteiger partial charge on any atom is -0.495 e. The molecule has 0 saturated heterocycles. The van der Waals surface area contributed by atoms with Gasteiger partial charge in [0.1, 0.15) is 5.75 Å². The molecule has 3 nitrogen and oxygen atoms in total. The second kappa shape index (κ2) is 7.49. The molecule has 1 N–H and O–H groups in total. The lowest BCUT2D eigenvalue weighted by Gasteiger charge is -2.07. The number of ether oxygens (including phenoxy) is 2. The zero-order chi connectivity index (χ0) is 11.8. The molecule has 1 aromatic rings. The van der Waals surface area contributed by atoms with E-state index in [9.17, 15) is 0 Å². The Balaban J connectivity index is 2.34. The molecule has 4 heteroatoms. The van der Waals surface area contributed by atoms with E-state index in [-0.39, 0.29) is 0 Å². The summed E-state index contributed by atoms with van der Waals surface area (Å²) >= 11 is 6.01. The molecule has 0 aliphatic rings. The predicted octanol–water partition coefficient (Wildman–Crippen LogP) is 2.47. The molecule has 0 aliphatic carbocycles. The van der Waals surface area contributed by atoms with Gasteiger partial charge < -0.3 is 14.8 Å². The normalized spacial score (nSPS) is 10.4. The van der Waals surface area contributed by atoms with Crippen LogP contribution in [0.5, 0.6) is 5.75 Å². The second-order valence-corrected chi connectivity index (χ2v) is 3.75. The minimum atomic E-state index is 0.645. The van der Waals surface area contributed by atoms with Crippen LogP contribution < -0.4 is 10.1 Å². The van der Waals surface area contributed by atoms with Gasteiger partial charge in [-0.15, -0.1) is 0 Å². The number of methoxy groups -OCH3 is 1. The van der Waals surface area contributed by atoms with Crippen LogP contribution in [-0.2, 0) is 11.3 Å².